The first-order valence-electron chi connectivity index (χ1n) is 7.80. The van der Waals surface area contributed by atoms with E-state index in [4.69, 9.17) is 11.6 Å². The van der Waals surface area contributed by atoms with Gasteiger partial charge in [-0.15, -0.1) is 0 Å². The van der Waals surface area contributed by atoms with Gasteiger partial charge in [-0.3, -0.25) is 4.72 Å². The Labute approximate surface area is 161 Å². The van der Waals surface area contributed by atoms with E-state index in [0.717, 1.165) is 12.1 Å². The van der Waals surface area contributed by atoms with Gasteiger partial charge in [0.2, 0.25) is 10.0 Å². The fourth-order valence-electron chi connectivity index (χ4n) is 2.33. The van der Waals surface area contributed by atoms with Crippen molar-refractivity contribution in [3.63, 3.8) is 0 Å². The second kappa shape index (κ2) is 8.09. The van der Waals surface area contributed by atoms with Gasteiger partial charge in [0.25, 0.3) is 10.0 Å². The zero-order valence-electron chi connectivity index (χ0n) is 14.4. The SMILES string of the molecule is CCN(CC)S(=O)(=O)c1cc(NS(=O)(=O)c2ccc(F)c(F)c2)ccc1Cl. The third-order valence-electron chi connectivity index (χ3n) is 3.71. The molecule has 148 valence electrons. The molecule has 0 unspecified atom stereocenters. The number of halogens is 3. The van der Waals surface area contributed by atoms with Crippen LogP contribution in [0.1, 0.15) is 13.8 Å². The Hall–Kier alpha value is -1.75. The summed E-state index contributed by atoms with van der Waals surface area (Å²) >= 11 is 5.99. The zero-order chi connectivity index (χ0) is 20.4. The molecule has 0 aliphatic heterocycles. The number of hydrogen-bond acceptors (Lipinski definition) is 4. The van der Waals surface area contributed by atoms with E-state index in [2.05, 4.69) is 4.72 Å². The van der Waals surface area contributed by atoms with Crippen LogP contribution in [0, 0.1) is 11.6 Å². The first-order valence-corrected chi connectivity index (χ1v) is 11.1. The highest BCUT2D eigenvalue weighted by Crippen LogP contribution is 2.29. The van der Waals surface area contributed by atoms with Crippen LogP contribution in [0.3, 0.4) is 0 Å². The molecule has 0 saturated carbocycles. The summed E-state index contributed by atoms with van der Waals surface area (Å²) in [5.74, 6) is -2.51. The van der Waals surface area contributed by atoms with E-state index in [9.17, 15) is 25.6 Å². The van der Waals surface area contributed by atoms with Gasteiger partial charge in [0.05, 0.1) is 15.6 Å². The molecule has 6 nitrogen and oxygen atoms in total. The maximum absolute atomic E-state index is 13.3. The molecule has 0 aliphatic carbocycles. The topological polar surface area (TPSA) is 83.6 Å². The molecule has 0 radical (unpaired) electrons. The molecule has 0 heterocycles. The number of rotatable bonds is 7. The first kappa shape index (κ1) is 21.5. The van der Waals surface area contributed by atoms with E-state index >= 15 is 0 Å². The molecule has 0 aliphatic rings. The second-order valence-corrected chi connectivity index (χ2v) is 9.41. The van der Waals surface area contributed by atoms with Gasteiger partial charge >= 0.3 is 0 Å². The van der Waals surface area contributed by atoms with Crippen LogP contribution in [0.5, 0.6) is 0 Å². The number of sulfonamides is 2. The number of nitrogens with zero attached hydrogens (tertiary/aromatic N) is 1. The van der Waals surface area contributed by atoms with Crippen LogP contribution in [0.4, 0.5) is 14.5 Å². The largest absolute Gasteiger partial charge is 0.280 e. The van der Waals surface area contributed by atoms with Crippen molar-refractivity contribution in [2.45, 2.75) is 23.6 Å². The lowest BCUT2D eigenvalue weighted by atomic mass is 10.3. The predicted octanol–water partition coefficient (Wildman–Crippen LogP) is 3.45. The summed E-state index contributed by atoms with van der Waals surface area (Å²) in [6, 6.07) is 5.68. The van der Waals surface area contributed by atoms with Gasteiger partial charge in [-0.25, -0.2) is 25.6 Å². The van der Waals surface area contributed by atoms with Gasteiger partial charge in [0.1, 0.15) is 4.90 Å². The van der Waals surface area contributed by atoms with Gasteiger partial charge in [-0.2, -0.15) is 4.31 Å². The summed E-state index contributed by atoms with van der Waals surface area (Å²) in [6.45, 7) is 3.73. The Bertz CT molecular complexity index is 1060. The van der Waals surface area contributed by atoms with E-state index in [1.807, 2.05) is 0 Å². The molecule has 0 amide bonds. The summed E-state index contributed by atoms with van der Waals surface area (Å²) in [5, 5.41) is -0.0716. The Kier molecular flexibility index (Phi) is 6.46. The van der Waals surface area contributed by atoms with Crippen molar-refractivity contribution in [2.75, 3.05) is 17.8 Å². The van der Waals surface area contributed by atoms with Gasteiger partial charge in [0, 0.05) is 13.1 Å². The molecular formula is C16H17ClF2N2O4S2. The van der Waals surface area contributed by atoms with Crippen molar-refractivity contribution < 1.29 is 25.6 Å². The zero-order valence-corrected chi connectivity index (χ0v) is 16.8. The van der Waals surface area contributed by atoms with Crippen LogP contribution in [0.25, 0.3) is 0 Å². The van der Waals surface area contributed by atoms with Gasteiger partial charge < -0.3 is 0 Å². The number of benzene rings is 2. The molecule has 1 N–H and O–H groups in total. The normalized spacial score (nSPS) is 12.4. The number of anilines is 1. The minimum Gasteiger partial charge on any atom is -0.280 e. The fourth-order valence-corrected chi connectivity index (χ4v) is 5.34. The number of nitrogens with one attached hydrogen (secondary N) is 1. The molecule has 0 saturated heterocycles. The van der Waals surface area contributed by atoms with Crippen molar-refractivity contribution in [1.29, 1.82) is 0 Å². The third kappa shape index (κ3) is 4.57. The Morgan fingerprint density at radius 3 is 2.15 bits per heavy atom. The molecule has 0 bridgehead atoms. The Morgan fingerprint density at radius 1 is 0.963 bits per heavy atom. The monoisotopic (exact) mass is 438 g/mol. The van der Waals surface area contributed by atoms with Gasteiger partial charge in [-0.1, -0.05) is 25.4 Å². The van der Waals surface area contributed by atoms with Crippen molar-refractivity contribution in [1.82, 2.24) is 4.31 Å². The highest BCUT2D eigenvalue weighted by atomic mass is 35.5. The maximum Gasteiger partial charge on any atom is 0.261 e. The van der Waals surface area contributed by atoms with Crippen LogP contribution in [-0.2, 0) is 20.0 Å². The third-order valence-corrected chi connectivity index (χ3v) is 7.62. The predicted molar refractivity (Wildman–Crippen MR) is 98.7 cm³/mol. The lowest BCUT2D eigenvalue weighted by Gasteiger charge is -2.20. The van der Waals surface area contributed by atoms with Crippen LogP contribution in [0.2, 0.25) is 5.02 Å². The average molecular weight is 439 g/mol. The smallest absolute Gasteiger partial charge is 0.261 e. The van der Waals surface area contributed by atoms with Crippen LogP contribution >= 0.6 is 11.6 Å². The van der Waals surface area contributed by atoms with E-state index < -0.39 is 36.6 Å². The molecule has 2 aromatic carbocycles. The first-order chi connectivity index (χ1) is 12.5. The van der Waals surface area contributed by atoms with E-state index in [-0.39, 0.29) is 28.7 Å². The van der Waals surface area contributed by atoms with Crippen LogP contribution in [-0.4, -0.2) is 34.2 Å². The standard InChI is InChI=1S/C16H17ClF2N2O4S2/c1-3-21(4-2)27(24,25)16-9-11(5-7-13(16)17)20-26(22,23)12-6-8-14(18)15(19)10-12/h5-10,20H,3-4H2,1-2H3. The quantitative estimate of drug-likeness (QED) is 0.717. The summed E-state index contributed by atoms with van der Waals surface area (Å²) in [5.41, 5.74) is -0.0881. The molecular weight excluding hydrogens is 422 g/mol. The highest BCUT2D eigenvalue weighted by molar-refractivity contribution is 7.92. The molecule has 27 heavy (non-hydrogen) atoms. The molecule has 0 atom stereocenters. The van der Waals surface area contributed by atoms with Crippen molar-refractivity contribution in [2.24, 2.45) is 0 Å². The minimum atomic E-state index is -4.27. The second-order valence-electron chi connectivity index (χ2n) is 5.42. The average Bonchev–Trinajstić information content (AvgIpc) is 2.59. The molecule has 0 aromatic heterocycles. The van der Waals surface area contributed by atoms with Gasteiger partial charge in [0.15, 0.2) is 11.6 Å². The Balaban J connectivity index is 2.45. The summed E-state index contributed by atoms with van der Waals surface area (Å²) < 4.78 is 79.7. The summed E-state index contributed by atoms with van der Waals surface area (Å²) in [7, 11) is -8.20. The van der Waals surface area contributed by atoms with E-state index in [0.29, 0.717) is 12.1 Å². The highest BCUT2D eigenvalue weighted by Gasteiger charge is 2.25. The van der Waals surface area contributed by atoms with Crippen molar-refractivity contribution in [3.8, 4) is 0 Å². The maximum atomic E-state index is 13.3. The van der Waals surface area contributed by atoms with Crippen molar-refractivity contribution >= 4 is 37.3 Å². The minimum absolute atomic E-state index is 0.0716. The van der Waals surface area contributed by atoms with Gasteiger partial charge in [-0.05, 0) is 36.4 Å². The molecule has 0 fully saturated rings. The molecule has 2 rings (SSSR count). The number of hydrogen-bond donors (Lipinski definition) is 1. The van der Waals surface area contributed by atoms with E-state index in [1.165, 1.54) is 16.4 Å². The lowest BCUT2D eigenvalue weighted by molar-refractivity contribution is 0.445. The van der Waals surface area contributed by atoms with Crippen LogP contribution in [0.15, 0.2) is 46.2 Å². The Morgan fingerprint density at radius 2 is 1.59 bits per heavy atom. The van der Waals surface area contributed by atoms with E-state index in [1.54, 1.807) is 13.8 Å². The molecule has 11 heteroatoms. The lowest BCUT2D eigenvalue weighted by Crippen LogP contribution is -2.30. The summed E-state index contributed by atoms with van der Waals surface area (Å²) in [6.07, 6.45) is 0. The summed E-state index contributed by atoms with van der Waals surface area (Å²) in [4.78, 5) is -0.775. The molecule has 2 aromatic rings. The molecule has 0 spiro atoms. The van der Waals surface area contributed by atoms with Crippen LogP contribution < -0.4 is 4.72 Å². The fraction of sp³-hybridized carbons (Fsp3) is 0.250. The van der Waals surface area contributed by atoms with Crippen molar-refractivity contribution in [3.05, 3.63) is 53.1 Å².